The number of rotatable bonds is 2. The molecule has 2 amide bonds. The predicted octanol–water partition coefficient (Wildman–Crippen LogP) is 3.74. The maximum atomic E-state index is 12.1. The lowest BCUT2D eigenvalue weighted by atomic mass is 9.98. The number of amides is 2. The van der Waals surface area contributed by atoms with E-state index < -0.39 is 0 Å². The van der Waals surface area contributed by atoms with Gasteiger partial charge in [0.25, 0.3) is 0 Å². The molecule has 0 spiro atoms. The molecule has 21 heavy (non-hydrogen) atoms. The number of carbonyl (C=O) groups is 1. The Morgan fingerprint density at radius 3 is 2.86 bits per heavy atom. The van der Waals surface area contributed by atoms with Gasteiger partial charge in [-0.15, -0.1) is 0 Å². The number of hydrogen-bond acceptors (Lipinski definition) is 2. The Hall–Kier alpha value is -0.970. The smallest absolute Gasteiger partial charge is 0.319 e. The summed E-state index contributed by atoms with van der Waals surface area (Å²) in [5.74, 6) is 0. The van der Waals surface area contributed by atoms with Gasteiger partial charge in [-0.05, 0) is 50.4 Å². The number of hydrogen-bond donors (Lipinski definition) is 2. The van der Waals surface area contributed by atoms with Crippen LogP contribution in [0.25, 0.3) is 0 Å². The molecule has 0 saturated carbocycles. The molecule has 2 N–H and O–H groups in total. The first-order valence-electron chi connectivity index (χ1n) is 7.38. The molecule has 2 heterocycles. The van der Waals surface area contributed by atoms with E-state index in [1.165, 1.54) is 19.4 Å². The fraction of sp³-hybridized carbons (Fsp3) is 0.533. The normalized spacial score (nSPS) is 25.4. The second-order valence-corrected chi connectivity index (χ2v) is 6.60. The number of carbonyl (C=O) groups excluding carboxylic acids is 1. The van der Waals surface area contributed by atoms with Crippen LogP contribution in [0.3, 0.4) is 0 Å². The summed E-state index contributed by atoms with van der Waals surface area (Å²) in [5, 5.41) is 6.79. The van der Waals surface area contributed by atoms with Gasteiger partial charge in [-0.2, -0.15) is 0 Å². The highest BCUT2D eigenvalue weighted by Gasteiger charge is 2.32. The third-order valence-corrected chi connectivity index (χ3v) is 5.07. The number of piperidine rings is 1. The molecule has 0 unspecified atom stereocenters. The second-order valence-electron chi connectivity index (χ2n) is 5.78. The van der Waals surface area contributed by atoms with Crippen molar-refractivity contribution >= 4 is 34.9 Å². The molecule has 2 aliphatic rings. The monoisotopic (exact) mass is 327 g/mol. The maximum Gasteiger partial charge on any atom is 0.319 e. The third-order valence-electron chi connectivity index (χ3n) is 4.33. The van der Waals surface area contributed by atoms with Gasteiger partial charge in [-0.3, -0.25) is 0 Å². The zero-order valence-corrected chi connectivity index (χ0v) is 13.3. The minimum absolute atomic E-state index is 0.176. The van der Waals surface area contributed by atoms with Gasteiger partial charge in [0.15, 0.2) is 0 Å². The molecule has 3 rings (SSSR count). The van der Waals surface area contributed by atoms with Gasteiger partial charge in [0.1, 0.15) is 0 Å². The minimum Gasteiger partial charge on any atom is -0.335 e. The first-order valence-corrected chi connectivity index (χ1v) is 8.14. The Morgan fingerprint density at radius 2 is 2.05 bits per heavy atom. The highest BCUT2D eigenvalue weighted by Crippen LogP contribution is 2.27. The molecule has 0 radical (unpaired) electrons. The van der Waals surface area contributed by atoms with Gasteiger partial charge in [-0.25, -0.2) is 4.79 Å². The van der Waals surface area contributed by atoms with Crippen LogP contribution in [0.15, 0.2) is 18.2 Å². The SMILES string of the molecule is O=C(Nc1ccc(Cl)c(Cl)c1)N[C@H]1CCN2CCC[C@@H]2C1. The van der Waals surface area contributed by atoms with Crippen molar-refractivity contribution in [1.82, 2.24) is 10.2 Å². The van der Waals surface area contributed by atoms with Crippen LogP contribution < -0.4 is 10.6 Å². The zero-order valence-electron chi connectivity index (χ0n) is 11.7. The van der Waals surface area contributed by atoms with E-state index in [0.29, 0.717) is 21.8 Å². The van der Waals surface area contributed by atoms with Crippen molar-refractivity contribution < 1.29 is 4.79 Å². The standard InChI is InChI=1S/C15H19Cl2N3O/c16-13-4-3-10(9-14(13)17)18-15(21)19-11-5-7-20-6-1-2-12(20)8-11/h3-4,9,11-12H,1-2,5-8H2,(H2,18,19,21)/t11-,12+/m0/s1. The summed E-state index contributed by atoms with van der Waals surface area (Å²) < 4.78 is 0. The van der Waals surface area contributed by atoms with Gasteiger partial charge in [0.2, 0.25) is 0 Å². The van der Waals surface area contributed by atoms with E-state index in [2.05, 4.69) is 15.5 Å². The van der Waals surface area contributed by atoms with Crippen molar-refractivity contribution in [1.29, 1.82) is 0 Å². The molecule has 2 atom stereocenters. The van der Waals surface area contributed by atoms with Gasteiger partial charge in [0, 0.05) is 24.3 Å². The average Bonchev–Trinajstić information content (AvgIpc) is 2.90. The molecule has 2 aliphatic heterocycles. The van der Waals surface area contributed by atoms with Crippen LogP contribution in [0.1, 0.15) is 25.7 Å². The molecule has 1 aromatic rings. The number of halogens is 2. The van der Waals surface area contributed by atoms with Gasteiger partial charge < -0.3 is 15.5 Å². The Morgan fingerprint density at radius 1 is 1.19 bits per heavy atom. The number of fused-ring (bicyclic) bond motifs is 1. The molecule has 1 aromatic carbocycles. The Labute approximate surface area is 134 Å². The number of urea groups is 1. The lowest BCUT2D eigenvalue weighted by molar-refractivity contribution is 0.168. The summed E-state index contributed by atoms with van der Waals surface area (Å²) in [6, 6.07) is 5.80. The van der Waals surface area contributed by atoms with E-state index in [-0.39, 0.29) is 12.1 Å². The van der Waals surface area contributed by atoms with E-state index in [1.54, 1.807) is 18.2 Å². The number of benzene rings is 1. The summed E-state index contributed by atoms with van der Waals surface area (Å²) in [4.78, 5) is 14.6. The summed E-state index contributed by atoms with van der Waals surface area (Å²) in [6.45, 7) is 2.30. The van der Waals surface area contributed by atoms with Crippen LogP contribution in [0.4, 0.5) is 10.5 Å². The van der Waals surface area contributed by atoms with Crippen LogP contribution >= 0.6 is 23.2 Å². The lowest BCUT2D eigenvalue weighted by Crippen LogP contribution is -2.48. The lowest BCUT2D eigenvalue weighted by Gasteiger charge is -2.35. The highest BCUT2D eigenvalue weighted by molar-refractivity contribution is 6.42. The average molecular weight is 328 g/mol. The fourth-order valence-electron chi connectivity index (χ4n) is 3.28. The van der Waals surface area contributed by atoms with Gasteiger partial charge in [0.05, 0.1) is 10.0 Å². The van der Waals surface area contributed by atoms with Crippen molar-refractivity contribution in [2.45, 2.75) is 37.8 Å². The predicted molar refractivity (Wildman–Crippen MR) is 86.2 cm³/mol. The zero-order chi connectivity index (χ0) is 14.8. The summed E-state index contributed by atoms with van der Waals surface area (Å²) >= 11 is 11.8. The largest absolute Gasteiger partial charge is 0.335 e. The maximum absolute atomic E-state index is 12.1. The molecule has 4 nitrogen and oxygen atoms in total. The molecule has 114 valence electrons. The Balaban J connectivity index is 1.53. The van der Waals surface area contributed by atoms with Crippen LogP contribution in [0, 0.1) is 0 Å². The number of anilines is 1. The molecular formula is C15H19Cl2N3O. The number of nitrogens with one attached hydrogen (secondary N) is 2. The molecule has 2 fully saturated rings. The van der Waals surface area contributed by atoms with Crippen LogP contribution in [-0.4, -0.2) is 36.1 Å². The summed E-state index contributed by atoms with van der Waals surface area (Å²) in [5.41, 5.74) is 0.653. The summed E-state index contributed by atoms with van der Waals surface area (Å²) in [7, 11) is 0. The molecular weight excluding hydrogens is 309 g/mol. The van der Waals surface area contributed by atoms with Crippen LogP contribution in [-0.2, 0) is 0 Å². The molecule has 0 bridgehead atoms. The molecule has 2 saturated heterocycles. The Bertz CT molecular complexity index is 538. The van der Waals surface area contributed by atoms with Gasteiger partial charge in [-0.1, -0.05) is 23.2 Å². The Kier molecular flexibility index (Phi) is 4.57. The fourth-order valence-corrected chi connectivity index (χ4v) is 3.58. The third kappa shape index (κ3) is 3.62. The van der Waals surface area contributed by atoms with Crippen molar-refractivity contribution in [3.8, 4) is 0 Å². The van der Waals surface area contributed by atoms with Crippen molar-refractivity contribution in [2.75, 3.05) is 18.4 Å². The molecule has 6 heteroatoms. The van der Waals surface area contributed by atoms with E-state index in [1.807, 2.05) is 0 Å². The van der Waals surface area contributed by atoms with Gasteiger partial charge >= 0.3 is 6.03 Å². The highest BCUT2D eigenvalue weighted by atomic mass is 35.5. The minimum atomic E-state index is -0.176. The van der Waals surface area contributed by atoms with E-state index in [4.69, 9.17) is 23.2 Å². The van der Waals surface area contributed by atoms with Crippen molar-refractivity contribution in [2.24, 2.45) is 0 Å². The van der Waals surface area contributed by atoms with Crippen LogP contribution in [0.2, 0.25) is 10.0 Å². The summed E-state index contributed by atoms with van der Waals surface area (Å²) in [6.07, 6.45) is 4.61. The number of nitrogens with zero attached hydrogens (tertiary/aromatic N) is 1. The van der Waals surface area contributed by atoms with E-state index in [0.717, 1.165) is 19.4 Å². The van der Waals surface area contributed by atoms with Crippen LogP contribution in [0.5, 0.6) is 0 Å². The molecule has 0 aromatic heterocycles. The van der Waals surface area contributed by atoms with Crippen molar-refractivity contribution in [3.63, 3.8) is 0 Å². The molecule has 0 aliphatic carbocycles. The first kappa shape index (κ1) is 14.9. The quantitative estimate of drug-likeness (QED) is 0.869. The topological polar surface area (TPSA) is 44.4 Å². The van der Waals surface area contributed by atoms with Crippen molar-refractivity contribution in [3.05, 3.63) is 28.2 Å². The van der Waals surface area contributed by atoms with E-state index in [9.17, 15) is 4.79 Å². The van der Waals surface area contributed by atoms with E-state index >= 15 is 0 Å². The first-order chi connectivity index (χ1) is 10.1. The second kappa shape index (κ2) is 6.42.